The van der Waals surface area contributed by atoms with Gasteiger partial charge in [-0.05, 0) is 42.7 Å². The van der Waals surface area contributed by atoms with Gasteiger partial charge in [-0.1, -0.05) is 30.7 Å². The standard InChI is InChI=1S/C20H26N2O5/c23-17(15-5-2-6-15)9-10-22-16(19(26)21-20(22)27)12-14-4-1-3-13(11-14)7-8-18(24)25/h1,3-4,11,15,17,23,26H,2,5-10,12H2,(H,21,27)(H,24,25). The van der Waals surface area contributed by atoms with Crippen LogP contribution in [-0.2, 0) is 24.2 Å². The molecule has 1 aromatic carbocycles. The first kappa shape index (κ1) is 19.2. The fourth-order valence-corrected chi connectivity index (χ4v) is 3.57. The Labute approximate surface area is 157 Å². The van der Waals surface area contributed by atoms with E-state index in [1.807, 2.05) is 24.3 Å². The van der Waals surface area contributed by atoms with Gasteiger partial charge in [-0.2, -0.15) is 0 Å². The van der Waals surface area contributed by atoms with Crippen LogP contribution in [0.4, 0.5) is 0 Å². The molecule has 146 valence electrons. The minimum Gasteiger partial charge on any atom is -0.493 e. The molecule has 0 saturated heterocycles. The molecule has 1 heterocycles. The summed E-state index contributed by atoms with van der Waals surface area (Å²) in [5.41, 5.74) is 1.89. The summed E-state index contributed by atoms with van der Waals surface area (Å²) in [5, 5.41) is 29.2. The van der Waals surface area contributed by atoms with Crippen LogP contribution in [0.15, 0.2) is 29.1 Å². The Balaban J connectivity index is 1.71. The third kappa shape index (κ3) is 4.80. The van der Waals surface area contributed by atoms with Gasteiger partial charge in [0, 0.05) is 19.4 Å². The minimum atomic E-state index is -0.845. The minimum absolute atomic E-state index is 0.0582. The maximum absolute atomic E-state index is 12.2. The van der Waals surface area contributed by atoms with Crippen LogP contribution >= 0.6 is 0 Å². The fourth-order valence-electron chi connectivity index (χ4n) is 3.57. The number of imidazole rings is 1. The van der Waals surface area contributed by atoms with Crippen molar-refractivity contribution in [3.8, 4) is 5.88 Å². The number of H-pyrrole nitrogens is 1. The molecule has 0 spiro atoms. The summed E-state index contributed by atoms with van der Waals surface area (Å²) in [5.74, 6) is -0.681. The number of aromatic hydroxyl groups is 1. The molecule has 4 N–H and O–H groups in total. The highest BCUT2D eigenvalue weighted by molar-refractivity contribution is 5.67. The van der Waals surface area contributed by atoms with Gasteiger partial charge in [0.1, 0.15) is 0 Å². The number of benzene rings is 1. The maximum Gasteiger partial charge on any atom is 0.328 e. The van der Waals surface area contributed by atoms with Gasteiger partial charge in [0.05, 0.1) is 11.8 Å². The molecule has 1 saturated carbocycles. The average Bonchev–Trinajstić information content (AvgIpc) is 2.83. The number of aryl methyl sites for hydroxylation is 1. The first-order valence-corrected chi connectivity index (χ1v) is 9.42. The lowest BCUT2D eigenvalue weighted by Gasteiger charge is -2.30. The monoisotopic (exact) mass is 374 g/mol. The number of aliphatic carboxylic acids is 1. The number of nitrogens with one attached hydrogen (secondary N) is 1. The quantitative estimate of drug-likeness (QED) is 0.536. The molecule has 0 amide bonds. The Morgan fingerprint density at radius 2 is 2.04 bits per heavy atom. The Hall–Kier alpha value is -2.54. The topological polar surface area (TPSA) is 116 Å². The molecule has 1 aliphatic carbocycles. The first-order valence-electron chi connectivity index (χ1n) is 9.42. The van der Waals surface area contributed by atoms with Crippen molar-refractivity contribution >= 4 is 5.97 Å². The molecular weight excluding hydrogens is 348 g/mol. The van der Waals surface area contributed by atoms with Gasteiger partial charge in [-0.15, -0.1) is 0 Å². The summed E-state index contributed by atoms with van der Waals surface area (Å²) in [6.45, 7) is 0.349. The smallest absolute Gasteiger partial charge is 0.328 e. The van der Waals surface area contributed by atoms with Crippen LogP contribution in [0.25, 0.3) is 0 Å². The van der Waals surface area contributed by atoms with Gasteiger partial charge >= 0.3 is 11.7 Å². The van der Waals surface area contributed by atoms with Crippen LogP contribution in [0.2, 0.25) is 0 Å². The predicted octanol–water partition coefficient (Wildman–Crippen LogP) is 2.04. The second-order valence-electron chi connectivity index (χ2n) is 7.31. The summed E-state index contributed by atoms with van der Waals surface area (Å²) in [6, 6.07) is 7.49. The number of hydrogen-bond acceptors (Lipinski definition) is 4. The van der Waals surface area contributed by atoms with E-state index in [4.69, 9.17) is 5.11 Å². The number of nitrogens with zero attached hydrogens (tertiary/aromatic N) is 1. The number of aromatic nitrogens is 2. The van der Waals surface area contributed by atoms with Crippen molar-refractivity contribution in [2.75, 3.05) is 0 Å². The van der Waals surface area contributed by atoms with Gasteiger partial charge in [0.2, 0.25) is 5.88 Å². The van der Waals surface area contributed by atoms with Crippen molar-refractivity contribution in [2.24, 2.45) is 5.92 Å². The second-order valence-corrected chi connectivity index (χ2v) is 7.31. The van der Waals surface area contributed by atoms with E-state index in [9.17, 15) is 19.8 Å². The van der Waals surface area contributed by atoms with E-state index in [0.717, 1.165) is 30.4 Å². The number of carboxylic acid groups (broad SMARTS) is 1. The van der Waals surface area contributed by atoms with E-state index < -0.39 is 12.1 Å². The van der Waals surface area contributed by atoms with Crippen molar-refractivity contribution < 1.29 is 20.1 Å². The molecule has 1 fully saturated rings. The molecule has 0 bridgehead atoms. The third-order valence-corrected chi connectivity index (χ3v) is 5.40. The van der Waals surface area contributed by atoms with E-state index in [-0.39, 0.29) is 18.0 Å². The van der Waals surface area contributed by atoms with Gasteiger partial charge in [-0.25, -0.2) is 4.79 Å². The number of carboxylic acids is 1. The van der Waals surface area contributed by atoms with Crippen molar-refractivity contribution in [3.05, 3.63) is 51.6 Å². The van der Waals surface area contributed by atoms with E-state index in [0.29, 0.717) is 37.4 Å². The molecule has 0 aliphatic heterocycles. The largest absolute Gasteiger partial charge is 0.493 e. The summed E-state index contributed by atoms with van der Waals surface area (Å²) in [6.07, 6.45) is 4.12. The van der Waals surface area contributed by atoms with Crippen molar-refractivity contribution in [3.63, 3.8) is 0 Å². The molecule has 7 heteroatoms. The molecule has 1 atom stereocenters. The molecule has 1 aliphatic rings. The Kier molecular flexibility index (Phi) is 6.01. The van der Waals surface area contributed by atoms with Crippen LogP contribution in [0.3, 0.4) is 0 Å². The van der Waals surface area contributed by atoms with Crippen LogP contribution in [-0.4, -0.2) is 36.9 Å². The van der Waals surface area contributed by atoms with E-state index in [2.05, 4.69) is 4.98 Å². The summed E-state index contributed by atoms with van der Waals surface area (Å²) >= 11 is 0. The Morgan fingerprint density at radius 1 is 1.30 bits per heavy atom. The lowest BCUT2D eigenvalue weighted by atomic mass is 9.80. The lowest BCUT2D eigenvalue weighted by molar-refractivity contribution is -0.136. The third-order valence-electron chi connectivity index (χ3n) is 5.40. The van der Waals surface area contributed by atoms with Crippen molar-refractivity contribution in [2.45, 2.75) is 57.6 Å². The molecule has 27 heavy (non-hydrogen) atoms. The van der Waals surface area contributed by atoms with Crippen LogP contribution in [0.1, 0.15) is 48.9 Å². The molecule has 1 unspecified atom stereocenters. The molecular formula is C20H26N2O5. The van der Waals surface area contributed by atoms with Crippen molar-refractivity contribution in [1.82, 2.24) is 9.55 Å². The SMILES string of the molecule is O=C(O)CCc1cccc(Cc2c(O)[nH]c(=O)n2CCC(O)C2CCC2)c1. The molecule has 0 radical (unpaired) electrons. The maximum atomic E-state index is 12.2. The van der Waals surface area contributed by atoms with Gasteiger partial charge in [-0.3, -0.25) is 14.3 Å². The predicted molar refractivity (Wildman–Crippen MR) is 99.9 cm³/mol. The van der Waals surface area contributed by atoms with Crippen LogP contribution < -0.4 is 5.69 Å². The molecule has 3 rings (SSSR count). The second kappa shape index (κ2) is 8.43. The van der Waals surface area contributed by atoms with Gasteiger partial charge in [0.25, 0.3) is 0 Å². The average molecular weight is 374 g/mol. The molecule has 7 nitrogen and oxygen atoms in total. The van der Waals surface area contributed by atoms with Gasteiger partial charge in [0.15, 0.2) is 0 Å². The summed E-state index contributed by atoms with van der Waals surface area (Å²) in [4.78, 5) is 25.3. The van der Waals surface area contributed by atoms with E-state index in [1.54, 1.807) is 0 Å². The normalized spacial score (nSPS) is 15.4. The lowest BCUT2D eigenvalue weighted by Crippen LogP contribution is -2.29. The number of rotatable bonds is 9. The molecule has 1 aromatic heterocycles. The van der Waals surface area contributed by atoms with E-state index in [1.165, 1.54) is 4.57 Å². The Bertz CT molecular complexity index is 850. The zero-order chi connectivity index (χ0) is 19.4. The zero-order valence-corrected chi connectivity index (χ0v) is 15.2. The van der Waals surface area contributed by atoms with Gasteiger partial charge < -0.3 is 15.3 Å². The number of aromatic amines is 1. The van der Waals surface area contributed by atoms with Crippen LogP contribution in [0, 0.1) is 5.92 Å². The number of carbonyl (C=O) groups is 1. The highest BCUT2D eigenvalue weighted by atomic mass is 16.4. The summed E-state index contributed by atoms with van der Waals surface area (Å²) in [7, 11) is 0. The first-order chi connectivity index (χ1) is 12.9. The number of hydrogen-bond donors (Lipinski definition) is 4. The highest BCUT2D eigenvalue weighted by Crippen LogP contribution is 2.31. The number of aliphatic hydroxyl groups is 1. The van der Waals surface area contributed by atoms with E-state index >= 15 is 0 Å². The zero-order valence-electron chi connectivity index (χ0n) is 15.2. The molecule has 2 aromatic rings. The number of aliphatic hydroxyl groups excluding tert-OH is 1. The fraction of sp³-hybridized carbons (Fsp3) is 0.500. The summed E-state index contributed by atoms with van der Waals surface area (Å²) < 4.78 is 1.49. The van der Waals surface area contributed by atoms with Crippen molar-refractivity contribution in [1.29, 1.82) is 0 Å². The highest BCUT2D eigenvalue weighted by Gasteiger charge is 2.26. The Morgan fingerprint density at radius 3 is 2.70 bits per heavy atom. The van der Waals surface area contributed by atoms with Crippen LogP contribution in [0.5, 0.6) is 5.88 Å².